The Morgan fingerprint density at radius 2 is 1.86 bits per heavy atom. The molecule has 9 heteroatoms. The molecular weight excluding hydrogens is 380 g/mol. The number of nitro benzene ring substituents is 1. The molecule has 0 saturated carbocycles. The van der Waals surface area contributed by atoms with Gasteiger partial charge in [0.2, 0.25) is 10.0 Å². The molecule has 0 unspecified atom stereocenters. The third-order valence-electron chi connectivity index (χ3n) is 4.77. The van der Waals surface area contributed by atoms with Crippen LogP contribution in [0.4, 0.5) is 17.1 Å². The van der Waals surface area contributed by atoms with Gasteiger partial charge in [0.25, 0.3) is 5.69 Å². The maximum absolute atomic E-state index is 13.0. The Kier molecular flexibility index (Phi) is 5.85. The van der Waals surface area contributed by atoms with Gasteiger partial charge >= 0.3 is 0 Å². The van der Waals surface area contributed by atoms with E-state index in [1.54, 1.807) is 0 Å². The summed E-state index contributed by atoms with van der Waals surface area (Å²) in [5.74, 6) is 0. The minimum Gasteiger partial charge on any atom is -0.380 e. The van der Waals surface area contributed by atoms with Crippen LogP contribution in [0, 0.1) is 10.1 Å². The minimum absolute atomic E-state index is 0.0487. The van der Waals surface area contributed by atoms with E-state index in [1.807, 2.05) is 43.3 Å². The van der Waals surface area contributed by atoms with Crippen molar-refractivity contribution < 1.29 is 13.3 Å². The van der Waals surface area contributed by atoms with Crippen LogP contribution in [0.25, 0.3) is 0 Å². The van der Waals surface area contributed by atoms with Gasteiger partial charge in [0.05, 0.1) is 10.6 Å². The zero-order valence-corrected chi connectivity index (χ0v) is 16.8. The quantitative estimate of drug-likeness (QED) is 0.563. The van der Waals surface area contributed by atoms with Crippen molar-refractivity contribution in [1.82, 2.24) is 4.31 Å². The van der Waals surface area contributed by atoms with Crippen LogP contribution in [-0.2, 0) is 16.6 Å². The van der Waals surface area contributed by atoms with Crippen LogP contribution in [0.3, 0.4) is 0 Å². The van der Waals surface area contributed by atoms with Crippen molar-refractivity contribution in [2.75, 3.05) is 37.4 Å². The fraction of sp³-hybridized carbons (Fsp3) is 0.368. The molecule has 0 aliphatic carbocycles. The molecule has 8 nitrogen and oxygen atoms in total. The largest absolute Gasteiger partial charge is 0.380 e. The molecule has 0 radical (unpaired) electrons. The molecule has 1 fully saturated rings. The molecule has 1 aliphatic rings. The molecule has 0 spiro atoms. The van der Waals surface area contributed by atoms with E-state index in [-0.39, 0.29) is 10.6 Å². The lowest BCUT2D eigenvalue weighted by Gasteiger charge is -2.19. The number of anilines is 2. The van der Waals surface area contributed by atoms with E-state index in [4.69, 9.17) is 0 Å². The zero-order chi connectivity index (χ0) is 20.3. The lowest BCUT2D eigenvalue weighted by molar-refractivity contribution is -0.385. The first-order chi connectivity index (χ1) is 13.3. The van der Waals surface area contributed by atoms with Crippen LogP contribution in [0.2, 0.25) is 0 Å². The molecule has 0 amide bonds. The molecule has 1 saturated heterocycles. The van der Waals surface area contributed by atoms with Gasteiger partial charge in [-0.05, 0) is 36.6 Å². The van der Waals surface area contributed by atoms with Crippen LogP contribution < -0.4 is 10.2 Å². The van der Waals surface area contributed by atoms with Gasteiger partial charge in [-0.3, -0.25) is 10.1 Å². The van der Waals surface area contributed by atoms with Gasteiger partial charge in [0.15, 0.2) is 0 Å². The molecule has 0 aromatic heterocycles. The zero-order valence-electron chi connectivity index (χ0n) is 16.0. The molecule has 28 heavy (non-hydrogen) atoms. The van der Waals surface area contributed by atoms with Crippen LogP contribution >= 0.6 is 0 Å². The van der Waals surface area contributed by atoms with Crippen molar-refractivity contribution in [3.8, 4) is 0 Å². The van der Waals surface area contributed by atoms with Gasteiger partial charge in [0.1, 0.15) is 4.90 Å². The highest BCUT2D eigenvalue weighted by Crippen LogP contribution is 2.31. The van der Waals surface area contributed by atoms with Gasteiger partial charge in [0, 0.05) is 51.5 Å². The highest BCUT2D eigenvalue weighted by atomic mass is 32.2. The summed E-state index contributed by atoms with van der Waals surface area (Å²) >= 11 is 0. The number of nitrogens with one attached hydrogen (secondary N) is 1. The number of hydrogen-bond acceptors (Lipinski definition) is 6. The number of nitro groups is 1. The highest BCUT2D eigenvalue weighted by Gasteiger charge is 2.30. The van der Waals surface area contributed by atoms with Crippen LogP contribution in [0.5, 0.6) is 0 Å². The molecule has 2 aromatic carbocycles. The van der Waals surface area contributed by atoms with Gasteiger partial charge < -0.3 is 10.2 Å². The van der Waals surface area contributed by atoms with Gasteiger partial charge in [-0.2, -0.15) is 4.31 Å². The minimum atomic E-state index is -3.79. The second-order valence-corrected chi connectivity index (χ2v) is 8.87. The Balaban J connectivity index is 1.92. The lowest BCUT2D eigenvalue weighted by atomic mass is 10.2. The fourth-order valence-corrected chi connectivity index (χ4v) is 4.90. The van der Waals surface area contributed by atoms with E-state index in [1.165, 1.54) is 16.4 Å². The SMILES string of the molecule is CN(C)c1cccc(CNc2ccc([N+](=O)[O-])cc2S(=O)(=O)N2CCCC2)c1. The van der Waals surface area contributed by atoms with Crippen molar-refractivity contribution in [2.45, 2.75) is 24.3 Å². The smallest absolute Gasteiger partial charge is 0.270 e. The van der Waals surface area contributed by atoms with E-state index in [0.717, 1.165) is 30.2 Å². The molecule has 150 valence electrons. The summed E-state index contributed by atoms with van der Waals surface area (Å²) in [4.78, 5) is 12.5. The van der Waals surface area contributed by atoms with Crippen LogP contribution in [-0.4, -0.2) is 44.8 Å². The van der Waals surface area contributed by atoms with Crippen molar-refractivity contribution in [3.63, 3.8) is 0 Å². The Bertz CT molecular complexity index is 970. The topological polar surface area (TPSA) is 95.8 Å². The Hall–Kier alpha value is -2.65. The maximum atomic E-state index is 13.0. The third-order valence-corrected chi connectivity index (χ3v) is 6.71. The average molecular weight is 404 g/mol. The number of non-ortho nitro benzene ring substituents is 1. The molecule has 2 aromatic rings. The summed E-state index contributed by atoms with van der Waals surface area (Å²) in [5.41, 5.74) is 2.15. The van der Waals surface area contributed by atoms with Crippen molar-refractivity contribution in [3.05, 3.63) is 58.1 Å². The van der Waals surface area contributed by atoms with E-state index in [2.05, 4.69) is 5.32 Å². The first-order valence-corrected chi connectivity index (χ1v) is 10.5. The van der Waals surface area contributed by atoms with Crippen LogP contribution in [0.15, 0.2) is 47.4 Å². The first kappa shape index (κ1) is 20.1. The molecule has 1 aliphatic heterocycles. The number of hydrogen-bond donors (Lipinski definition) is 1. The predicted octanol–water partition coefficient (Wildman–Crippen LogP) is 3.06. The monoisotopic (exact) mass is 404 g/mol. The molecule has 0 bridgehead atoms. The fourth-order valence-electron chi connectivity index (χ4n) is 3.19. The average Bonchev–Trinajstić information content (AvgIpc) is 3.22. The molecule has 1 heterocycles. The summed E-state index contributed by atoms with van der Waals surface area (Å²) < 4.78 is 27.5. The van der Waals surface area contributed by atoms with Crippen molar-refractivity contribution in [1.29, 1.82) is 0 Å². The first-order valence-electron chi connectivity index (χ1n) is 9.08. The Morgan fingerprint density at radius 1 is 1.14 bits per heavy atom. The van der Waals surface area contributed by atoms with E-state index in [9.17, 15) is 18.5 Å². The summed E-state index contributed by atoms with van der Waals surface area (Å²) in [5, 5.41) is 14.3. The Morgan fingerprint density at radius 3 is 2.50 bits per heavy atom. The predicted molar refractivity (Wildman–Crippen MR) is 109 cm³/mol. The van der Waals surface area contributed by atoms with Gasteiger partial charge in [-0.15, -0.1) is 0 Å². The van der Waals surface area contributed by atoms with Crippen LogP contribution in [0.1, 0.15) is 18.4 Å². The molecular formula is C19H24N4O4S. The van der Waals surface area contributed by atoms with Crippen molar-refractivity contribution in [2.24, 2.45) is 0 Å². The molecule has 3 rings (SSSR count). The second kappa shape index (κ2) is 8.15. The van der Waals surface area contributed by atoms with E-state index >= 15 is 0 Å². The highest BCUT2D eigenvalue weighted by molar-refractivity contribution is 7.89. The second-order valence-electron chi connectivity index (χ2n) is 6.97. The summed E-state index contributed by atoms with van der Waals surface area (Å²) in [6.45, 7) is 1.28. The number of benzene rings is 2. The van der Waals surface area contributed by atoms with Gasteiger partial charge in [-0.1, -0.05) is 12.1 Å². The van der Waals surface area contributed by atoms with Crippen molar-refractivity contribution >= 4 is 27.1 Å². The van der Waals surface area contributed by atoms with Gasteiger partial charge in [-0.25, -0.2) is 8.42 Å². The Labute approximate surface area is 165 Å². The molecule has 0 atom stereocenters. The van der Waals surface area contributed by atoms with E-state index in [0.29, 0.717) is 25.3 Å². The number of rotatable bonds is 7. The molecule has 1 N–H and O–H groups in total. The lowest BCUT2D eigenvalue weighted by Crippen LogP contribution is -2.28. The summed E-state index contributed by atoms with van der Waals surface area (Å²) in [7, 11) is 0.103. The maximum Gasteiger partial charge on any atom is 0.270 e. The standard InChI is InChI=1S/C19H24N4O4S/c1-21(2)16-7-5-6-15(12-16)14-20-18-9-8-17(23(24)25)13-19(18)28(26,27)22-10-3-4-11-22/h5-9,12-13,20H,3-4,10-11,14H2,1-2H3. The third kappa shape index (κ3) is 4.26. The summed E-state index contributed by atoms with van der Waals surface area (Å²) in [6.07, 6.45) is 1.60. The van der Waals surface area contributed by atoms with E-state index < -0.39 is 14.9 Å². The number of nitrogens with zero attached hydrogens (tertiary/aromatic N) is 3. The summed E-state index contributed by atoms with van der Waals surface area (Å²) in [6, 6.07) is 11.8. The normalized spacial score (nSPS) is 14.8. The number of sulfonamides is 1.